The van der Waals surface area contributed by atoms with Crippen LogP contribution in [-0.2, 0) is 19.1 Å². The molecule has 2 aliphatic carbocycles. The molecule has 2 fully saturated rings. The van der Waals surface area contributed by atoms with Crippen LogP contribution >= 0.6 is 0 Å². The molecule has 2 atom stereocenters. The molecule has 0 radical (unpaired) electrons. The molecule has 0 amide bonds. The number of hydrogen-bond acceptors (Lipinski definition) is 6. The number of fused-ring (bicyclic) bond motifs is 2. The Hall–Kier alpha value is -1.14. The third-order valence-electron chi connectivity index (χ3n) is 10.7. The van der Waals surface area contributed by atoms with Gasteiger partial charge in [-0.15, -0.1) is 0 Å². The first-order valence-electron chi connectivity index (χ1n) is 20.0. The van der Waals surface area contributed by atoms with Gasteiger partial charge in [-0.1, -0.05) is 104 Å². The molecule has 0 aromatic rings. The summed E-state index contributed by atoms with van der Waals surface area (Å²) in [5.41, 5.74) is 0.151. The van der Waals surface area contributed by atoms with E-state index in [0.717, 1.165) is 82.3 Å². The Balaban J connectivity index is 1.37. The van der Waals surface area contributed by atoms with Gasteiger partial charge in [0.05, 0.1) is 26.2 Å². The molecule has 270 valence electrons. The molecule has 2 rings (SSSR count). The summed E-state index contributed by atoms with van der Waals surface area (Å²) in [6.07, 6.45) is 28.8. The zero-order chi connectivity index (χ0) is 33.3. The maximum absolute atomic E-state index is 12.6. The monoisotopic (exact) mass is 650 g/mol. The van der Waals surface area contributed by atoms with Crippen LogP contribution in [0.15, 0.2) is 0 Å². The molecule has 6 nitrogen and oxygen atoms in total. The first-order chi connectivity index (χ1) is 22.3. The van der Waals surface area contributed by atoms with Crippen molar-refractivity contribution >= 4 is 11.9 Å². The summed E-state index contributed by atoms with van der Waals surface area (Å²) in [4.78, 5) is 26.9. The lowest BCUT2D eigenvalue weighted by atomic mass is 9.58. The van der Waals surface area contributed by atoms with Gasteiger partial charge in [-0.3, -0.25) is 9.59 Å². The second-order valence-electron chi connectivity index (χ2n) is 15.7. The van der Waals surface area contributed by atoms with E-state index in [0.29, 0.717) is 26.1 Å². The number of esters is 2. The first kappa shape index (κ1) is 41.0. The Morgan fingerprint density at radius 1 is 0.652 bits per heavy atom. The summed E-state index contributed by atoms with van der Waals surface area (Å²) in [5.74, 6) is 2.49. The average Bonchev–Trinajstić information content (AvgIpc) is 3.00. The molecular formula is C40H75NO5. The summed E-state index contributed by atoms with van der Waals surface area (Å²) in [7, 11) is 0. The van der Waals surface area contributed by atoms with Gasteiger partial charge >= 0.3 is 11.9 Å². The van der Waals surface area contributed by atoms with Crippen molar-refractivity contribution in [1.29, 1.82) is 0 Å². The van der Waals surface area contributed by atoms with Crippen LogP contribution in [0.1, 0.15) is 181 Å². The van der Waals surface area contributed by atoms with E-state index in [4.69, 9.17) is 9.47 Å². The highest BCUT2D eigenvalue weighted by Gasteiger charge is 2.42. The zero-order valence-electron chi connectivity index (χ0n) is 30.7. The summed E-state index contributed by atoms with van der Waals surface area (Å²) < 4.78 is 11.1. The summed E-state index contributed by atoms with van der Waals surface area (Å²) in [6, 6.07) is 0. The van der Waals surface area contributed by atoms with Gasteiger partial charge in [-0.2, -0.15) is 0 Å². The molecular weight excluding hydrogens is 574 g/mol. The summed E-state index contributed by atoms with van der Waals surface area (Å²) >= 11 is 0. The summed E-state index contributed by atoms with van der Waals surface area (Å²) in [6.45, 7) is 11.2. The van der Waals surface area contributed by atoms with Crippen molar-refractivity contribution in [3.8, 4) is 0 Å². The number of aliphatic hydroxyl groups excluding tert-OH is 1. The molecule has 2 unspecified atom stereocenters. The molecule has 46 heavy (non-hydrogen) atoms. The number of ether oxygens (including phenoxy) is 2. The molecule has 0 aromatic heterocycles. The Morgan fingerprint density at radius 2 is 1.13 bits per heavy atom. The molecule has 2 aliphatic rings. The van der Waals surface area contributed by atoms with Gasteiger partial charge in [0, 0.05) is 13.0 Å². The molecule has 0 spiro atoms. The lowest BCUT2D eigenvalue weighted by Gasteiger charge is -2.47. The van der Waals surface area contributed by atoms with E-state index in [2.05, 4.69) is 25.7 Å². The van der Waals surface area contributed by atoms with Crippen molar-refractivity contribution in [1.82, 2.24) is 4.90 Å². The van der Waals surface area contributed by atoms with Crippen LogP contribution in [-0.4, -0.2) is 61.4 Å². The maximum Gasteiger partial charge on any atom is 0.306 e. The molecule has 1 N–H and O–H groups in total. The lowest BCUT2D eigenvalue weighted by Crippen LogP contribution is -2.37. The number of rotatable bonds is 29. The smallest absolute Gasteiger partial charge is 0.306 e. The predicted molar refractivity (Wildman–Crippen MR) is 191 cm³/mol. The lowest BCUT2D eigenvalue weighted by molar-refractivity contribution is -0.148. The number of unbranched alkanes of at least 4 members (excludes halogenated alkanes) is 15. The number of carbonyl (C=O) groups is 2. The number of carbonyl (C=O) groups excluding carboxylic acids is 2. The van der Waals surface area contributed by atoms with E-state index < -0.39 is 0 Å². The van der Waals surface area contributed by atoms with Crippen molar-refractivity contribution in [2.75, 3.05) is 39.5 Å². The second-order valence-corrected chi connectivity index (χ2v) is 15.7. The van der Waals surface area contributed by atoms with Gasteiger partial charge in [0.1, 0.15) is 0 Å². The molecule has 0 aliphatic heterocycles. The standard InChI is InChI=1S/C40H75NO5/c1-4-5-6-7-9-15-20-27-45-38(43)22-17-12-11-14-19-24-41(25-26-42)23-18-13-8-10-16-21-28-46-39(44)34-40(3)32-36-29-35(2)30-37(31-36)33-40/h35-37,42H,4-34H2,1-3H3. The fourth-order valence-electron chi connectivity index (χ4n) is 8.51. The quantitative estimate of drug-likeness (QED) is 0.0642. The summed E-state index contributed by atoms with van der Waals surface area (Å²) in [5, 5.41) is 9.49. The number of nitrogens with zero attached hydrogens (tertiary/aromatic N) is 1. The fourth-order valence-corrected chi connectivity index (χ4v) is 8.51. The molecule has 0 heterocycles. The third-order valence-corrected chi connectivity index (χ3v) is 10.7. The minimum Gasteiger partial charge on any atom is -0.466 e. The average molecular weight is 650 g/mol. The highest BCUT2D eigenvalue weighted by atomic mass is 16.5. The van der Waals surface area contributed by atoms with Crippen molar-refractivity contribution in [2.24, 2.45) is 23.2 Å². The molecule has 2 saturated carbocycles. The molecule has 0 aromatic carbocycles. The van der Waals surface area contributed by atoms with Crippen LogP contribution in [0.5, 0.6) is 0 Å². The van der Waals surface area contributed by atoms with Crippen LogP contribution in [0.25, 0.3) is 0 Å². The van der Waals surface area contributed by atoms with Gasteiger partial charge in [0.15, 0.2) is 0 Å². The third kappa shape index (κ3) is 20.3. The fraction of sp³-hybridized carbons (Fsp3) is 0.950. The van der Waals surface area contributed by atoms with E-state index >= 15 is 0 Å². The van der Waals surface area contributed by atoms with Crippen molar-refractivity contribution in [3.05, 3.63) is 0 Å². The van der Waals surface area contributed by atoms with Crippen LogP contribution in [0.3, 0.4) is 0 Å². The maximum atomic E-state index is 12.6. The van der Waals surface area contributed by atoms with Gasteiger partial charge in [0.2, 0.25) is 0 Å². The SMILES string of the molecule is CCCCCCCCCOC(=O)CCCCCCCN(CCO)CCCCCCCCOC(=O)CC1(C)CC2CC(C)CC(C2)C1. The minimum atomic E-state index is -0.0285. The van der Waals surface area contributed by atoms with Crippen LogP contribution in [0.2, 0.25) is 0 Å². The highest BCUT2D eigenvalue weighted by molar-refractivity contribution is 5.70. The Labute approximate surface area is 284 Å². The first-order valence-corrected chi connectivity index (χ1v) is 20.0. The van der Waals surface area contributed by atoms with Gasteiger partial charge in [-0.25, -0.2) is 0 Å². The Kier molecular flexibility index (Phi) is 23.0. The Morgan fingerprint density at radius 3 is 1.67 bits per heavy atom. The van der Waals surface area contributed by atoms with Gasteiger partial charge in [-0.05, 0) is 100 Å². The number of hydrogen-bond donors (Lipinski definition) is 1. The van der Waals surface area contributed by atoms with E-state index in [1.54, 1.807) is 0 Å². The van der Waals surface area contributed by atoms with Gasteiger partial charge in [0.25, 0.3) is 0 Å². The van der Waals surface area contributed by atoms with E-state index in [1.165, 1.54) is 103 Å². The van der Waals surface area contributed by atoms with Crippen LogP contribution in [0.4, 0.5) is 0 Å². The topological polar surface area (TPSA) is 76.1 Å². The predicted octanol–water partition coefficient (Wildman–Crippen LogP) is 10.0. The van der Waals surface area contributed by atoms with E-state index in [1.807, 2.05) is 0 Å². The molecule has 0 saturated heterocycles. The van der Waals surface area contributed by atoms with Crippen molar-refractivity contribution in [2.45, 2.75) is 181 Å². The van der Waals surface area contributed by atoms with E-state index in [9.17, 15) is 14.7 Å². The molecule has 2 bridgehead atoms. The highest BCUT2D eigenvalue weighted by Crippen LogP contribution is 2.51. The van der Waals surface area contributed by atoms with Crippen molar-refractivity contribution in [3.63, 3.8) is 0 Å². The van der Waals surface area contributed by atoms with E-state index in [-0.39, 0.29) is 24.0 Å². The molecule has 6 heteroatoms. The normalized spacial score (nSPS) is 22.7. The van der Waals surface area contributed by atoms with Crippen LogP contribution < -0.4 is 0 Å². The zero-order valence-corrected chi connectivity index (χ0v) is 30.7. The minimum absolute atomic E-state index is 0.0218. The van der Waals surface area contributed by atoms with Crippen molar-refractivity contribution < 1.29 is 24.2 Å². The number of aliphatic hydroxyl groups is 1. The second kappa shape index (κ2) is 25.8. The Bertz CT molecular complexity index is 755. The van der Waals surface area contributed by atoms with Crippen LogP contribution in [0, 0.1) is 23.2 Å². The van der Waals surface area contributed by atoms with Gasteiger partial charge < -0.3 is 19.5 Å². The largest absolute Gasteiger partial charge is 0.466 e.